The monoisotopic (exact) mass is 484 g/mol. The van der Waals surface area contributed by atoms with E-state index < -0.39 is 41.7 Å². The van der Waals surface area contributed by atoms with E-state index in [2.05, 4.69) is 18.9 Å². The van der Waals surface area contributed by atoms with E-state index in [1.807, 2.05) is 6.92 Å². The molecule has 5 rings (SSSR count). The minimum Gasteiger partial charge on any atom is -0.451 e. The van der Waals surface area contributed by atoms with Gasteiger partial charge in [0.15, 0.2) is 17.5 Å². The molecule has 3 N–H and O–H groups in total. The second kappa shape index (κ2) is 7.37. The first kappa shape index (κ1) is 24.4. The van der Waals surface area contributed by atoms with Gasteiger partial charge in [0.25, 0.3) is 0 Å². The van der Waals surface area contributed by atoms with Gasteiger partial charge < -0.3 is 20.1 Å². The Morgan fingerprint density at radius 3 is 2.51 bits per heavy atom. The highest BCUT2D eigenvalue weighted by Gasteiger charge is 2.76. The van der Waals surface area contributed by atoms with Crippen molar-refractivity contribution in [2.75, 3.05) is 6.61 Å². The first-order chi connectivity index (χ1) is 16.2. The van der Waals surface area contributed by atoms with Crippen LogP contribution in [-0.2, 0) is 16.6 Å². The first-order valence-electron chi connectivity index (χ1n) is 12.4. The number of esters is 1. The third-order valence-electron chi connectivity index (χ3n) is 9.83. The molecule has 2 saturated carbocycles. The molecule has 0 radical (unpaired) electrons. The van der Waals surface area contributed by atoms with Crippen molar-refractivity contribution in [3.8, 4) is 0 Å². The van der Waals surface area contributed by atoms with Gasteiger partial charge in [0, 0.05) is 18.7 Å². The van der Waals surface area contributed by atoms with Gasteiger partial charge in [-0.2, -0.15) is 5.10 Å². The fourth-order valence-corrected chi connectivity index (χ4v) is 7.83. The Morgan fingerprint density at radius 1 is 1.29 bits per heavy atom. The normalized spacial score (nSPS) is 41.3. The van der Waals surface area contributed by atoms with E-state index >= 15 is 0 Å². The van der Waals surface area contributed by atoms with Gasteiger partial charge in [-0.05, 0) is 61.5 Å². The highest BCUT2D eigenvalue weighted by Crippen LogP contribution is 2.71. The Bertz CT molecular complexity index is 1190. The van der Waals surface area contributed by atoms with Crippen molar-refractivity contribution in [2.45, 2.75) is 65.8 Å². The molecule has 8 atom stereocenters. The zero-order chi connectivity index (χ0) is 25.8. The molecule has 0 aliphatic heterocycles. The largest absolute Gasteiger partial charge is 0.451 e. The number of aryl methyl sites for hydroxylation is 2. The van der Waals surface area contributed by atoms with Crippen LogP contribution >= 0.6 is 0 Å². The smallest absolute Gasteiger partial charge is 0.342 e. The quantitative estimate of drug-likeness (QED) is 0.443. The molecule has 1 aromatic heterocycles. The number of aliphatic hydroxyl groups excluding tert-OH is 2. The van der Waals surface area contributed by atoms with Gasteiger partial charge in [-0.15, -0.1) is 0 Å². The lowest BCUT2D eigenvalue weighted by atomic mass is 9.59. The van der Waals surface area contributed by atoms with Gasteiger partial charge in [-0.3, -0.25) is 9.48 Å². The van der Waals surface area contributed by atoms with Crippen LogP contribution in [0.25, 0.3) is 0 Å². The maximum atomic E-state index is 14.4. The van der Waals surface area contributed by atoms with E-state index in [-0.39, 0.29) is 34.5 Å². The first-order valence-corrected chi connectivity index (χ1v) is 12.4. The number of hydrogen-bond acceptors (Lipinski definition) is 7. The van der Waals surface area contributed by atoms with Crippen LogP contribution in [-0.4, -0.2) is 61.3 Å². The number of carbonyl (C=O) groups excluding carboxylic acids is 2. The standard InChI is InChI=1S/C27H36N2O6/c1-12-10-26-13(2)8-18-20(25(18,5)6)17(22(26)32)9-16(11-30)21(31)27(26,34)23(12)35-24(33)19-14(3)28-29(7)15(19)4/h9-10,13,17-18,20-21,23,30-31,34H,8,11H2,1-7H3/t13?,17-,18+,20-,21+,23-,26?,27-/m0/s1. The van der Waals surface area contributed by atoms with Crippen LogP contribution in [0.3, 0.4) is 0 Å². The molecule has 0 saturated heterocycles. The molecule has 1 heterocycles. The lowest BCUT2D eigenvalue weighted by Gasteiger charge is -2.48. The zero-order valence-electron chi connectivity index (χ0n) is 21.5. The molecule has 1 aromatic rings. The molecule has 0 amide bonds. The van der Waals surface area contributed by atoms with E-state index in [0.29, 0.717) is 28.9 Å². The molecular formula is C27H36N2O6. The summed E-state index contributed by atoms with van der Waals surface area (Å²) in [6, 6.07) is 0. The van der Waals surface area contributed by atoms with E-state index in [0.717, 1.165) is 0 Å². The van der Waals surface area contributed by atoms with E-state index in [1.54, 1.807) is 44.7 Å². The number of carbonyl (C=O) groups is 2. The molecule has 8 nitrogen and oxygen atoms in total. The zero-order valence-corrected chi connectivity index (χ0v) is 21.5. The summed E-state index contributed by atoms with van der Waals surface area (Å²) in [6.07, 6.45) is 1.29. The molecule has 35 heavy (non-hydrogen) atoms. The Balaban J connectivity index is 1.65. The van der Waals surface area contributed by atoms with Gasteiger partial charge in [-0.1, -0.05) is 32.9 Å². The maximum Gasteiger partial charge on any atom is 0.342 e. The summed E-state index contributed by atoms with van der Waals surface area (Å²) in [4.78, 5) is 27.7. The number of aliphatic hydroxyl groups is 3. The molecule has 2 bridgehead atoms. The topological polar surface area (TPSA) is 122 Å². The third kappa shape index (κ3) is 2.82. The fraction of sp³-hybridized carbons (Fsp3) is 0.667. The number of nitrogens with zero attached hydrogens (tertiary/aromatic N) is 2. The molecular weight excluding hydrogens is 448 g/mol. The lowest BCUT2D eigenvalue weighted by molar-refractivity contribution is -0.190. The molecule has 8 heteroatoms. The average Bonchev–Trinajstić information content (AvgIpc) is 3.14. The number of ether oxygens (including phenoxy) is 1. The second-order valence-corrected chi connectivity index (χ2v) is 11.8. The van der Waals surface area contributed by atoms with Crippen LogP contribution in [0.2, 0.25) is 0 Å². The summed E-state index contributed by atoms with van der Waals surface area (Å²) in [5, 5.41) is 38.5. The highest BCUT2D eigenvalue weighted by molar-refractivity contribution is 5.96. The van der Waals surface area contributed by atoms with Crippen LogP contribution in [0, 0.1) is 48.3 Å². The van der Waals surface area contributed by atoms with Gasteiger partial charge in [0.2, 0.25) is 0 Å². The van der Waals surface area contributed by atoms with Crippen molar-refractivity contribution in [3.05, 3.63) is 40.2 Å². The number of fused-ring (bicyclic) bond motifs is 3. The van der Waals surface area contributed by atoms with Crippen molar-refractivity contribution in [3.63, 3.8) is 0 Å². The summed E-state index contributed by atoms with van der Waals surface area (Å²) < 4.78 is 7.53. The summed E-state index contributed by atoms with van der Waals surface area (Å²) >= 11 is 0. The summed E-state index contributed by atoms with van der Waals surface area (Å²) in [7, 11) is 1.73. The van der Waals surface area contributed by atoms with Gasteiger partial charge in [0.05, 0.1) is 17.7 Å². The van der Waals surface area contributed by atoms with Crippen molar-refractivity contribution in [2.24, 2.45) is 41.5 Å². The molecule has 0 aromatic carbocycles. The van der Waals surface area contributed by atoms with Gasteiger partial charge in [0.1, 0.15) is 11.7 Å². The molecule has 2 unspecified atom stereocenters. The number of aromatic nitrogens is 2. The number of rotatable bonds is 3. The maximum absolute atomic E-state index is 14.4. The third-order valence-corrected chi connectivity index (χ3v) is 9.83. The Hall–Kier alpha value is -2.29. The lowest BCUT2D eigenvalue weighted by Crippen LogP contribution is -2.65. The van der Waals surface area contributed by atoms with Crippen LogP contribution in [0.5, 0.6) is 0 Å². The predicted molar refractivity (Wildman–Crippen MR) is 127 cm³/mol. The molecule has 2 fully saturated rings. The number of allylic oxidation sites excluding steroid dienone is 1. The second-order valence-electron chi connectivity index (χ2n) is 11.8. The van der Waals surface area contributed by atoms with Gasteiger partial charge >= 0.3 is 5.97 Å². The van der Waals surface area contributed by atoms with Crippen LogP contribution in [0.15, 0.2) is 23.3 Å². The van der Waals surface area contributed by atoms with E-state index in [9.17, 15) is 24.9 Å². The molecule has 4 aliphatic carbocycles. The SMILES string of the molecule is CC1=CC23C(=O)[C@@H](C=C(CO)[C@@H](O)[C@]2(O)[C@H]1OC(=O)c1c(C)nn(C)c1C)[C@H]1[C@@H](CC3C)C1(C)C. The average molecular weight is 485 g/mol. The number of ketones is 1. The highest BCUT2D eigenvalue weighted by atomic mass is 16.6. The van der Waals surface area contributed by atoms with Crippen LogP contribution in [0.4, 0.5) is 0 Å². The predicted octanol–water partition coefficient (Wildman–Crippen LogP) is 2.03. The van der Waals surface area contributed by atoms with E-state index in [4.69, 9.17) is 4.74 Å². The molecule has 1 spiro atoms. The molecule has 4 aliphatic rings. The number of hydrogen-bond donors (Lipinski definition) is 3. The summed E-state index contributed by atoms with van der Waals surface area (Å²) in [6.45, 7) is 10.9. The Labute approximate surface area is 205 Å². The van der Waals surface area contributed by atoms with Gasteiger partial charge in [-0.25, -0.2) is 4.79 Å². The minimum atomic E-state index is -2.14. The van der Waals surface area contributed by atoms with E-state index in [1.165, 1.54) is 0 Å². The van der Waals surface area contributed by atoms with Crippen molar-refractivity contribution >= 4 is 11.8 Å². The fourth-order valence-electron chi connectivity index (χ4n) is 7.83. The van der Waals surface area contributed by atoms with Crippen LogP contribution in [0.1, 0.15) is 55.9 Å². The Kier molecular flexibility index (Phi) is 5.14. The van der Waals surface area contributed by atoms with Crippen molar-refractivity contribution in [1.29, 1.82) is 0 Å². The van der Waals surface area contributed by atoms with Crippen LogP contribution < -0.4 is 0 Å². The van der Waals surface area contributed by atoms with Crippen molar-refractivity contribution in [1.82, 2.24) is 9.78 Å². The summed E-state index contributed by atoms with van der Waals surface area (Å²) in [5.74, 6) is -1.31. The minimum absolute atomic E-state index is 0.0424. The molecule has 190 valence electrons. The van der Waals surface area contributed by atoms with Crippen molar-refractivity contribution < 1.29 is 29.6 Å². The Morgan fingerprint density at radius 2 is 1.94 bits per heavy atom. The summed E-state index contributed by atoms with van der Waals surface area (Å²) in [5.41, 5.74) is -1.50. The number of Topliss-reactive ketones (excluding diaryl/α,β-unsaturated/α-hetero) is 1.